The Bertz CT molecular complexity index is 1610. The molecule has 1 rings (SSSR count). The Morgan fingerprint density at radius 2 is 1.05 bits per heavy atom. The number of azide groups is 1. The van der Waals surface area contributed by atoms with Gasteiger partial charge < -0.3 is 28.8 Å². The first-order chi connectivity index (χ1) is 27.8. The normalized spacial score (nSPS) is 13.0. The van der Waals surface area contributed by atoms with Crippen molar-refractivity contribution >= 4 is 40.0 Å². The molecule has 1 aromatic rings. The highest BCUT2D eigenvalue weighted by molar-refractivity contribution is 7.86. The summed E-state index contributed by atoms with van der Waals surface area (Å²) < 4.78 is 53.5. The van der Waals surface area contributed by atoms with E-state index in [1.807, 2.05) is 83.1 Å². The molecular formula is C44H79N3O14S. The van der Waals surface area contributed by atoms with Gasteiger partial charge in [0, 0.05) is 30.7 Å². The molecule has 62 heavy (non-hydrogen) atoms. The van der Waals surface area contributed by atoms with Gasteiger partial charge in [0.25, 0.3) is 10.1 Å². The van der Waals surface area contributed by atoms with Crippen LogP contribution in [0.25, 0.3) is 10.4 Å². The molecule has 1 N–H and O–H groups in total. The van der Waals surface area contributed by atoms with Gasteiger partial charge in [-0.1, -0.05) is 51.0 Å². The SMILES string of the molecule is C.COC(=O)[C@@H](C)CCC(=O)OC(C)(C)C.COC(=O)[C@@H](C)CO.C[C@@H](CCC(=O)OC(C)(C)C)CN=[N+]=[N-].Cc1ccc(S(=O)(=O)OC[C@@H](C)CCC(=O)OC(C)(C)C)cc1. The lowest BCUT2D eigenvalue weighted by Crippen LogP contribution is -2.24. The van der Waals surface area contributed by atoms with Gasteiger partial charge in [-0.25, -0.2) is 0 Å². The van der Waals surface area contributed by atoms with Crippen molar-refractivity contribution in [3.8, 4) is 0 Å². The number of carbonyl (C=O) groups is 5. The molecule has 18 heteroatoms. The van der Waals surface area contributed by atoms with E-state index in [4.69, 9.17) is 29.0 Å². The van der Waals surface area contributed by atoms with Gasteiger partial charge in [-0.3, -0.25) is 28.2 Å². The first-order valence-corrected chi connectivity index (χ1v) is 21.6. The largest absolute Gasteiger partial charge is 0.469 e. The van der Waals surface area contributed by atoms with E-state index in [9.17, 15) is 32.4 Å². The summed E-state index contributed by atoms with van der Waals surface area (Å²) in [6.45, 7) is 25.7. The van der Waals surface area contributed by atoms with Gasteiger partial charge in [0.2, 0.25) is 0 Å². The van der Waals surface area contributed by atoms with Crippen molar-refractivity contribution in [2.45, 2.75) is 165 Å². The van der Waals surface area contributed by atoms with Crippen LogP contribution in [0, 0.1) is 30.6 Å². The lowest BCUT2D eigenvalue weighted by Gasteiger charge is -2.20. The molecule has 0 saturated carbocycles. The number of hydrogen-bond acceptors (Lipinski definition) is 15. The van der Waals surface area contributed by atoms with Gasteiger partial charge in [-0.2, -0.15) is 8.42 Å². The van der Waals surface area contributed by atoms with Crippen molar-refractivity contribution < 1.29 is 65.4 Å². The van der Waals surface area contributed by atoms with Crippen LogP contribution in [0.4, 0.5) is 0 Å². The van der Waals surface area contributed by atoms with E-state index in [0.29, 0.717) is 32.2 Å². The number of aliphatic hydroxyl groups is 1. The molecule has 0 saturated heterocycles. The zero-order valence-corrected chi connectivity index (χ0v) is 40.3. The van der Waals surface area contributed by atoms with Crippen LogP contribution in [0.15, 0.2) is 34.3 Å². The fourth-order valence-corrected chi connectivity index (χ4v) is 5.18. The second kappa shape index (κ2) is 32.4. The molecule has 0 fully saturated rings. The fourth-order valence-electron chi connectivity index (χ4n) is 4.16. The number of hydrogen-bond donors (Lipinski definition) is 1. The molecule has 0 amide bonds. The van der Waals surface area contributed by atoms with Crippen LogP contribution < -0.4 is 0 Å². The molecule has 4 atom stereocenters. The maximum atomic E-state index is 12.1. The number of ether oxygens (including phenoxy) is 5. The Labute approximate surface area is 372 Å². The van der Waals surface area contributed by atoms with E-state index in [0.717, 1.165) is 5.56 Å². The van der Waals surface area contributed by atoms with Gasteiger partial charge in [0.05, 0.1) is 44.2 Å². The first kappa shape index (κ1) is 64.4. The predicted octanol–water partition coefficient (Wildman–Crippen LogP) is 8.85. The summed E-state index contributed by atoms with van der Waals surface area (Å²) in [5, 5.41) is 11.8. The minimum Gasteiger partial charge on any atom is -0.469 e. The molecular weight excluding hydrogens is 827 g/mol. The number of rotatable bonds is 18. The number of aliphatic hydroxyl groups excluding tert-OH is 1. The van der Waals surface area contributed by atoms with E-state index in [1.165, 1.54) is 26.4 Å². The van der Waals surface area contributed by atoms with Crippen LogP contribution in [-0.2, 0) is 62.0 Å². The molecule has 0 aromatic heterocycles. The van der Waals surface area contributed by atoms with Gasteiger partial charge in [0.1, 0.15) is 16.8 Å². The molecule has 0 spiro atoms. The van der Waals surface area contributed by atoms with Gasteiger partial charge in [-0.05, 0) is 125 Å². The fraction of sp³-hybridized carbons (Fsp3) is 0.750. The third-order valence-corrected chi connectivity index (χ3v) is 8.77. The molecule has 0 bridgehead atoms. The zero-order chi connectivity index (χ0) is 48.2. The van der Waals surface area contributed by atoms with Crippen molar-refractivity contribution in [3.05, 3.63) is 40.3 Å². The number of aryl methyl sites for hydroxylation is 1. The van der Waals surface area contributed by atoms with Crippen LogP contribution in [0.3, 0.4) is 0 Å². The number of esters is 5. The van der Waals surface area contributed by atoms with Crippen molar-refractivity contribution in [1.82, 2.24) is 0 Å². The molecule has 1 aromatic carbocycles. The van der Waals surface area contributed by atoms with Crippen LogP contribution in [0.5, 0.6) is 0 Å². The summed E-state index contributed by atoms with van der Waals surface area (Å²) in [5.41, 5.74) is 7.69. The highest BCUT2D eigenvalue weighted by Crippen LogP contribution is 2.18. The standard InChI is InChI=1S/C17H26O5S.C11H20O4.C10H19N3O2.C5H10O3.CH4/c1-13-6-9-15(10-7-13)23(19,20)21-12-14(2)8-11-16(18)22-17(3,4)5;1-8(10(13)14-5)6-7-9(12)15-11(2,3)4;1-8(7-12-13-11)5-6-9(14)15-10(2,3)4;1-4(3-6)5(7)8-2;/h6-7,9-10,14H,8,11-12H2,1-5H3;8H,6-7H2,1-5H3;8H,5-7H2,1-4H3;4,6H,3H2,1-2H3;1H4/t14-;2*8-;4-;/m0000./s1. The van der Waals surface area contributed by atoms with Crippen LogP contribution in [-0.4, -0.2) is 94.2 Å². The minimum absolute atomic E-state index is 0. The number of carbonyl (C=O) groups excluding carboxylic acids is 5. The smallest absolute Gasteiger partial charge is 0.310 e. The molecule has 0 aliphatic heterocycles. The van der Waals surface area contributed by atoms with Gasteiger partial charge in [-0.15, -0.1) is 0 Å². The van der Waals surface area contributed by atoms with E-state index >= 15 is 0 Å². The molecule has 0 unspecified atom stereocenters. The molecule has 0 radical (unpaired) electrons. The maximum Gasteiger partial charge on any atom is 0.310 e. The van der Waals surface area contributed by atoms with Crippen molar-refractivity contribution in [2.75, 3.05) is 34.0 Å². The highest BCUT2D eigenvalue weighted by Gasteiger charge is 2.21. The highest BCUT2D eigenvalue weighted by atomic mass is 32.2. The first-order valence-electron chi connectivity index (χ1n) is 20.2. The maximum absolute atomic E-state index is 12.1. The summed E-state index contributed by atoms with van der Waals surface area (Å²) in [4.78, 5) is 58.5. The zero-order valence-electron chi connectivity index (χ0n) is 39.5. The number of nitrogens with zero attached hydrogens (tertiary/aromatic N) is 3. The molecule has 0 heterocycles. The summed E-state index contributed by atoms with van der Waals surface area (Å²) in [7, 11) is -1.12. The number of methoxy groups -OCH3 is 2. The molecule has 0 aliphatic rings. The van der Waals surface area contributed by atoms with E-state index in [-0.39, 0.29) is 91.9 Å². The summed E-state index contributed by atoms with van der Waals surface area (Å²) in [5.74, 6) is -1.93. The average Bonchev–Trinajstić information content (AvgIpc) is 3.14. The average molecular weight is 906 g/mol. The monoisotopic (exact) mass is 906 g/mol. The van der Waals surface area contributed by atoms with E-state index < -0.39 is 26.9 Å². The quantitative estimate of drug-likeness (QED) is 0.0361. The topological polar surface area (TPSA) is 244 Å². The lowest BCUT2D eigenvalue weighted by atomic mass is 10.1. The van der Waals surface area contributed by atoms with E-state index in [2.05, 4.69) is 19.5 Å². The molecule has 0 aliphatic carbocycles. The third kappa shape index (κ3) is 38.7. The third-order valence-electron chi connectivity index (χ3n) is 7.48. The van der Waals surface area contributed by atoms with Crippen LogP contribution in [0.1, 0.15) is 142 Å². The Kier molecular flexibility index (Phi) is 33.7. The van der Waals surface area contributed by atoms with Crippen molar-refractivity contribution in [3.63, 3.8) is 0 Å². The minimum atomic E-state index is -3.76. The second-order valence-electron chi connectivity index (χ2n) is 17.6. The molecule has 17 nitrogen and oxygen atoms in total. The summed E-state index contributed by atoms with van der Waals surface area (Å²) in [6.07, 6.45) is 2.52. The second-order valence-corrected chi connectivity index (χ2v) is 19.2. The summed E-state index contributed by atoms with van der Waals surface area (Å²) in [6, 6.07) is 6.50. The Hall–Kier alpha value is -4.25. The van der Waals surface area contributed by atoms with Crippen molar-refractivity contribution in [1.29, 1.82) is 0 Å². The Morgan fingerprint density at radius 1 is 0.677 bits per heavy atom. The van der Waals surface area contributed by atoms with Gasteiger partial charge >= 0.3 is 29.8 Å². The Morgan fingerprint density at radius 3 is 1.39 bits per heavy atom. The van der Waals surface area contributed by atoms with Gasteiger partial charge in [0.15, 0.2) is 0 Å². The number of benzene rings is 1. The predicted molar refractivity (Wildman–Crippen MR) is 238 cm³/mol. The Balaban J connectivity index is -0.000000381. The van der Waals surface area contributed by atoms with Crippen molar-refractivity contribution in [2.24, 2.45) is 28.8 Å². The lowest BCUT2D eigenvalue weighted by molar-refractivity contribution is -0.156. The van der Waals surface area contributed by atoms with Crippen LogP contribution in [0.2, 0.25) is 0 Å². The van der Waals surface area contributed by atoms with E-state index in [1.54, 1.807) is 26.0 Å². The summed E-state index contributed by atoms with van der Waals surface area (Å²) >= 11 is 0. The molecule has 360 valence electrons. The van der Waals surface area contributed by atoms with Crippen LogP contribution >= 0.6 is 0 Å².